The van der Waals surface area contributed by atoms with Crippen LogP contribution >= 0.6 is 46.1 Å². The molecule has 0 spiro atoms. The topological polar surface area (TPSA) is 52.6 Å². The van der Waals surface area contributed by atoms with Gasteiger partial charge in [0.2, 0.25) is 0 Å². The SMILES string of the molecule is CC(C)OC(=O)C(C(=O)OC(C)C)=C1SCCS1.CI. The van der Waals surface area contributed by atoms with Crippen molar-refractivity contribution in [3.8, 4) is 0 Å². The van der Waals surface area contributed by atoms with Crippen LogP contribution < -0.4 is 0 Å². The molecule has 0 aliphatic carbocycles. The summed E-state index contributed by atoms with van der Waals surface area (Å²) in [7, 11) is 0. The first-order chi connectivity index (χ1) is 9.41. The van der Waals surface area contributed by atoms with E-state index in [2.05, 4.69) is 22.6 Å². The third-order valence-electron chi connectivity index (χ3n) is 1.85. The molecule has 0 N–H and O–H groups in total. The smallest absolute Gasteiger partial charge is 0.347 e. The van der Waals surface area contributed by atoms with Crippen molar-refractivity contribution in [2.24, 2.45) is 0 Å². The third kappa shape index (κ3) is 7.21. The first-order valence-electron chi connectivity index (χ1n) is 6.21. The van der Waals surface area contributed by atoms with Crippen LogP contribution in [-0.4, -0.2) is 40.6 Å². The van der Waals surface area contributed by atoms with E-state index in [0.29, 0.717) is 4.24 Å². The normalized spacial score (nSPS) is 13.9. The summed E-state index contributed by atoms with van der Waals surface area (Å²) in [5, 5.41) is 0. The number of halogens is 1. The maximum atomic E-state index is 12.0. The van der Waals surface area contributed by atoms with E-state index in [4.69, 9.17) is 9.47 Å². The van der Waals surface area contributed by atoms with Crippen molar-refractivity contribution in [3.05, 3.63) is 9.81 Å². The number of esters is 2. The minimum atomic E-state index is -0.590. The molecule has 0 amide bonds. The van der Waals surface area contributed by atoms with E-state index in [1.165, 1.54) is 23.5 Å². The highest BCUT2D eigenvalue weighted by Gasteiger charge is 2.30. The van der Waals surface area contributed by atoms with Gasteiger partial charge in [-0.2, -0.15) is 0 Å². The molecule has 1 aliphatic heterocycles. The number of ether oxygens (including phenoxy) is 2. The number of carbonyl (C=O) groups excluding carboxylic acids is 2. The van der Waals surface area contributed by atoms with Crippen LogP contribution in [0.4, 0.5) is 0 Å². The number of hydrogen-bond acceptors (Lipinski definition) is 6. The second kappa shape index (κ2) is 10.8. The summed E-state index contributed by atoms with van der Waals surface area (Å²) in [4.78, 5) is 25.9. The molecule has 116 valence electrons. The lowest BCUT2D eigenvalue weighted by Crippen LogP contribution is -2.23. The van der Waals surface area contributed by atoms with E-state index in [1.54, 1.807) is 27.7 Å². The minimum absolute atomic E-state index is 0.0462. The number of hydrogen-bond donors (Lipinski definition) is 0. The largest absolute Gasteiger partial charge is 0.459 e. The molecule has 0 aromatic carbocycles. The number of carbonyl (C=O) groups is 2. The van der Waals surface area contributed by atoms with Gasteiger partial charge in [0.15, 0.2) is 5.57 Å². The molecule has 0 bridgehead atoms. The highest BCUT2D eigenvalue weighted by Crippen LogP contribution is 2.39. The summed E-state index contributed by atoms with van der Waals surface area (Å²) >= 11 is 5.15. The van der Waals surface area contributed by atoms with Crippen molar-refractivity contribution in [2.75, 3.05) is 16.4 Å². The van der Waals surface area contributed by atoms with Gasteiger partial charge in [-0.15, -0.1) is 23.5 Å². The van der Waals surface area contributed by atoms with Crippen molar-refractivity contribution in [1.82, 2.24) is 0 Å². The van der Waals surface area contributed by atoms with Crippen LogP contribution in [0, 0.1) is 0 Å². The molecule has 0 atom stereocenters. The molecule has 1 rings (SSSR count). The van der Waals surface area contributed by atoms with Crippen LogP contribution in [0.15, 0.2) is 9.81 Å². The van der Waals surface area contributed by atoms with Crippen molar-refractivity contribution in [2.45, 2.75) is 39.9 Å². The number of alkyl halides is 1. The van der Waals surface area contributed by atoms with Gasteiger partial charge >= 0.3 is 11.9 Å². The van der Waals surface area contributed by atoms with Gasteiger partial charge in [-0.3, -0.25) is 0 Å². The average Bonchev–Trinajstić information content (AvgIpc) is 2.83. The van der Waals surface area contributed by atoms with Gasteiger partial charge in [0.05, 0.1) is 16.4 Å². The van der Waals surface area contributed by atoms with Crippen LogP contribution in [0.5, 0.6) is 0 Å². The third-order valence-corrected chi connectivity index (χ3v) is 4.56. The van der Waals surface area contributed by atoms with E-state index in [1.807, 2.05) is 4.93 Å². The summed E-state index contributed by atoms with van der Waals surface area (Å²) in [6, 6.07) is 0. The van der Waals surface area contributed by atoms with Gasteiger partial charge < -0.3 is 9.47 Å². The average molecular weight is 432 g/mol. The maximum Gasteiger partial charge on any atom is 0.347 e. The van der Waals surface area contributed by atoms with Crippen molar-refractivity contribution < 1.29 is 19.1 Å². The molecule has 20 heavy (non-hydrogen) atoms. The highest BCUT2D eigenvalue weighted by atomic mass is 127. The van der Waals surface area contributed by atoms with E-state index in [-0.39, 0.29) is 17.8 Å². The molecule has 1 saturated heterocycles. The molecule has 4 nitrogen and oxygen atoms in total. The van der Waals surface area contributed by atoms with Gasteiger partial charge in [0.25, 0.3) is 0 Å². The molecule has 1 aliphatic rings. The van der Waals surface area contributed by atoms with Gasteiger partial charge in [-0.05, 0) is 32.6 Å². The predicted octanol–water partition coefficient (Wildman–Crippen LogP) is 3.63. The standard InChI is InChI=1S/C12H18O4S2.CH3I/c1-7(2)15-10(13)9(11(14)16-8(3)4)12-17-5-6-18-12;1-2/h7-8H,5-6H2,1-4H3;1H3. The molecule has 0 radical (unpaired) electrons. The molecule has 0 unspecified atom stereocenters. The maximum absolute atomic E-state index is 12.0. The summed E-state index contributed by atoms with van der Waals surface area (Å²) in [6.45, 7) is 7.01. The fraction of sp³-hybridized carbons (Fsp3) is 0.692. The van der Waals surface area contributed by atoms with E-state index >= 15 is 0 Å². The Bertz CT molecular complexity index is 335. The Labute approximate surface area is 142 Å². The Balaban J connectivity index is 0.00000172. The van der Waals surface area contributed by atoms with E-state index < -0.39 is 11.9 Å². The monoisotopic (exact) mass is 432 g/mol. The first-order valence-corrected chi connectivity index (χ1v) is 10.3. The second-order valence-electron chi connectivity index (χ2n) is 4.27. The fourth-order valence-electron chi connectivity index (χ4n) is 1.25. The van der Waals surface area contributed by atoms with Gasteiger partial charge in [0, 0.05) is 11.5 Å². The highest BCUT2D eigenvalue weighted by molar-refractivity contribution is 14.1. The number of thioether (sulfide) groups is 2. The van der Waals surface area contributed by atoms with Gasteiger partial charge in [0.1, 0.15) is 0 Å². The van der Waals surface area contributed by atoms with Crippen molar-refractivity contribution >= 4 is 58.1 Å². The zero-order valence-corrected chi connectivity index (χ0v) is 16.2. The second-order valence-corrected chi connectivity index (χ2v) is 6.74. The summed E-state index contributed by atoms with van der Waals surface area (Å²) < 4.78 is 10.9. The fourth-order valence-corrected chi connectivity index (χ4v) is 3.74. The molecule has 1 heterocycles. The Hall–Kier alpha value is 0.110. The summed E-state index contributed by atoms with van der Waals surface area (Å²) in [6.07, 6.45) is -0.507. The van der Waals surface area contributed by atoms with Crippen molar-refractivity contribution in [3.63, 3.8) is 0 Å². The van der Waals surface area contributed by atoms with E-state index in [0.717, 1.165) is 11.5 Å². The quantitative estimate of drug-likeness (QED) is 0.169. The van der Waals surface area contributed by atoms with Gasteiger partial charge in [-0.1, -0.05) is 22.6 Å². The number of rotatable bonds is 4. The van der Waals surface area contributed by atoms with Crippen molar-refractivity contribution in [1.29, 1.82) is 0 Å². The Morgan fingerprint density at radius 2 is 1.30 bits per heavy atom. The van der Waals surface area contributed by atoms with Crippen LogP contribution in [0.1, 0.15) is 27.7 Å². The van der Waals surface area contributed by atoms with Crippen LogP contribution in [-0.2, 0) is 19.1 Å². The zero-order chi connectivity index (χ0) is 15.7. The lowest BCUT2D eigenvalue weighted by molar-refractivity contribution is -0.150. The Morgan fingerprint density at radius 3 is 1.60 bits per heavy atom. The van der Waals surface area contributed by atoms with Crippen LogP contribution in [0.2, 0.25) is 0 Å². The summed E-state index contributed by atoms with van der Waals surface area (Å²) in [5.41, 5.74) is 0.0462. The molecular weight excluding hydrogens is 411 g/mol. The molecule has 0 saturated carbocycles. The molecular formula is C13H21IO4S2. The van der Waals surface area contributed by atoms with Gasteiger partial charge in [-0.25, -0.2) is 9.59 Å². The van der Waals surface area contributed by atoms with Crippen LogP contribution in [0.3, 0.4) is 0 Å². The zero-order valence-electron chi connectivity index (χ0n) is 12.4. The molecule has 1 fully saturated rings. The lowest BCUT2D eigenvalue weighted by Gasteiger charge is -2.13. The lowest BCUT2D eigenvalue weighted by atomic mass is 10.3. The van der Waals surface area contributed by atoms with E-state index in [9.17, 15) is 9.59 Å². The minimum Gasteiger partial charge on any atom is -0.459 e. The Kier molecular flexibility index (Phi) is 10.8. The predicted molar refractivity (Wildman–Crippen MR) is 94.3 cm³/mol. The molecule has 0 aromatic rings. The Morgan fingerprint density at radius 1 is 0.950 bits per heavy atom. The molecule has 0 aromatic heterocycles. The van der Waals surface area contributed by atoms with Crippen LogP contribution in [0.25, 0.3) is 0 Å². The molecule has 7 heteroatoms. The summed E-state index contributed by atoms with van der Waals surface area (Å²) in [5.74, 6) is 0.612. The first kappa shape index (κ1) is 20.1.